The smallest absolute Gasteiger partial charge is 0.183 e. The van der Waals surface area contributed by atoms with Gasteiger partial charge in [0.05, 0.1) is 23.9 Å². The van der Waals surface area contributed by atoms with E-state index in [1.54, 1.807) is 0 Å². The van der Waals surface area contributed by atoms with Gasteiger partial charge in [0, 0.05) is 18.2 Å². The quantitative estimate of drug-likeness (QED) is 0.857. The predicted molar refractivity (Wildman–Crippen MR) is 60.7 cm³/mol. The molecule has 1 aromatic heterocycles. The van der Waals surface area contributed by atoms with Crippen LogP contribution in [0.25, 0.3) is 5.69 Å². The summed E-state index contributed by atoms with van der Waals surface area (Å²) in [6.07, 6.45) is 3.34. The summed E-state index contributed by atoms with van der Waals surface area (Å²) >= 11 is 0. The third-order valence-corrected chi connectivity index (χ3v) is 2.72. The van der Waals surface area contributed by atoms with Crippen molar-refractivity contribution in [2.45, 2.75) is 19.4 Å². The third kappa shape index (κ3) is 2.11. The van der Waals surface area contributed by atoms with Crippen LogP contribution in [0.2, 0.25) is 0 Å². The zero-order valence-corrected chi connectivity index (χ0v) is 9.70. The topological polar surface area (TPSA) is 43.8 Å². The van der Waals surface area contributed by atoms with Gasteiger partial charge in [-0.1, -0.05) is 6.92 Å². The second-order valence-corrected chi connectivity index (χ2v) is 3.92. The second-order valence-electron chi connectivity index (χ2n) is 3.92. The summed E-state index contributed by atoms with van der Waals surface area (Å²) in [5.74, 6) is -3.22. The minimum Gasteiger partial charge on any atom is -0.323 e. The first-order valence-electron chi connectivity index (χ1n) is 5.47. The Morgan fingerprint density at radius 1 is 1.33 bits per heavy atom. The van der Waals surface area contributed by atoms with Gasteiger partial charge in [-0.25, -0.2) is 18.2 Å². The van der Waals surface area contributed by atoms with Crippen molar-refractivity contribution in [3.05, 3.63) is 47.8 Å². The van der Waals surface area contributed by atoms with E-state index in [-0.39, 0.29) is 11.7 Å². The first kappa shape index (κ1) is 12.6. The van der Waals surface area contributed by atoms with Gasteiger partial charge in [-0.15, -0.1) is 0 Å². The summed E-state index contributed by atoms with van der Waals surface area (Å²) in [5, 5.41) is 0. The van der Waals surface area contributed by atoms with E-state index in [1.165, 1.54) is 17.1 Å². The zero-order chi connectivity index (χ0) is 13.3. The molecule has 0 fully saturated rings. The van der Waals surface area contributed by atoms with E-state index in [4.69, 9.17) is 5.73 Å². The average molecular weight is 255 g/mol. The van der Waals surface area contributed by atoms with E-state index >= 15 is 0 Å². The number of rotatable bonds is 3. The molecule has 1 aromatic carbocycles. The van der Waals surface area contributed by atoms with Gasteiger partial charge in [0.2, 0.25) is 0 Å². The molecule has 2 rings (SSSR count). The summed E-state index contributed by atoms with van der Waals surface area (Å²) in [6, 6.07) is 1.03. The Labute approximate surface area is 102 Å². The number of nitrogens with zero attached hydrogens (tertiary/aromatic N) is 2. The van der Waals surface area contributed by atoms with Crippen molar-refractivity contribution < 1.29 is 13.2 Å². The Hall–Kier alpha value is -1.82. The first-order valence-corrected chi connectivity index (χ1v) is 5.47. The van der Waals surface area contributed by atoms with Crippen LogP contribution < -0.4 is 5.73 Å². The van der Waals surface area contributed by atoms with Crippen LogP contribution in [0.4, 0.5) is 13.2 Å². The monoisotopic (exact) mass is 255 g/mol. The SMILES string of the molecule is CC[C@@H](N)c1cncn1-c1cc(F)cc(F)c1F. The number of hydrogen-bond donors (Lipinski definition) is 1. The fraction of sp³-hybridized carbons (Fsp3) is 0.250. The second kappa shape index (κ2) is 4.81. The molecule has 2 N–H and O–H groups in total. The lowest BCUT2D eigenvalue weighted by atomic mass is 10.1. The number of benzene rings is 1. The Bertz CT molecular complexity index is 566. The van der Waals surface area contributed by atoms with E-state index in [1.807, 2.05) is 6.92 Å². The third-order valence-electron chi connectivity index (χ3n) is 2.72. The Morgan fingerprint density at radius 2 is 2.06 bits per heavy atom. The molecule has 96 valence electrons. The van der Waals surface area contributed by atoms with Crippen LogP contribution in [0.1, 0.15) is 25.1 Å². The lowest BCUT2D eigenvalue weighted by Gasteiger charge is -2.13. The molecule has 1 atom stereocenters. The lowest BCUT2D eigenvalue weighted by Crippen LogP contribution is -2.14. The van der Waals surface area contributed by atoms with E-state index in [9.17, 15) is 13.2 Å². The van der Waals surface area contributed by atoms with Crippen LogP contribution in [0.5, 0.6) is 0 Å². The lowest BCUT2D eigenvalue weighted by molar-refractivity contribution is 0.488. The molecule has 0 saturated carbocycles. The van der Waals surface area contributed by atoms with Crippen molar-refractivity contribution >= 4 is 0 Å². The normalized spacial score (nSPS) is 12.7. The standard InChI is InChI=1S/C12H12F3N3/c1-2-9(16)11-5-17-6-18(11)10-4-7(13)3-8(14)12(10)15/h3-6,9H,2,16H2,1H3/t9-/m1/s1. The van der Waals surface area contributed by atoms with Crippen LogP contribution in [-0.4, -0.2) is 9.55 Å². The zero-order valence-electron chi connectivity index (χ0n) is 9.70. The molecule has 0 saturated heterocycles. The largest absolute Gasteiger partial charge is 0.323 e. The summed E-state index contributed by atoms with van der Waals surface area (Å²) in [7, 11) is 0. The maximum atomic E-state index is 13.7. The highest BCUT2D eigenvalue weighted by molar-refractivity contribution is 5.37. The maximum Gasteiger partial charge on any atom is 0.183 e. The highest BCUT2D eigenvalue weighted by atomic mass is 19.2. The van der Waals surface area contributed by atoms with Gasteiger partial charge in [0.15, 0.2) is 11.6 Å². The fourth-order valence-electron chi connectivity index (χ4n) is 1.71. The van der Waals surface area contributed by atoms with Crippen LogP contribution in [0, 0.1) is 17.5 Å². The molecule has 0 amide bonds. The van der Waals surface area contributed by atoms with Crippen LogP contribution in [0.15, 0.2) is 24.7 Å². The van der Waals surface area contributed by atoms with Gasteiger partial charge in [-0.05, 0) is 6.42 Å². The van der Waals surface area contributed by atoms with E-state index in [2.05, 4.69) is 4.98 Å². The number of hydrogen-bond acceptors (Lipinski definition) is 2. The molecule has 0 bridgehead atoms. The molecule has 0 aliphatic carbocycles. The van der Waals surface area contributed by atoms with Gasteiger partial charge in [-0.3, -0.25) is 4.57 Å². The molecule has 1 heterocycles. The van der Waals surface area contributed by atoms with Gasteiger partial charge in [0.25, 0.3) is 0 Å². The van der Waals surface area contributed by atoms with Crippen LogP contribution >= 0.6 is 0 Å². The van der Waals surface area contributed by atoms with Gasteiger partial charge in [0.1, 0.15) is 5.82 Å². The van der Waals surface area contributed by atoms with Crippen molar-refractivity contribution in [2.75, 3.05) is 0 Å². The highest BCUT2D eigenvalue weighted by Crippen LogP contribution is 2.23. The van der Waals surface area contributed by atoms with Crippen molar-refractivity contribution in [3.63, 3.8) is 0 Å². The van der Waals surface area contributed by atoms with Gasteiger partial charge in [-0.2, -0.15) is 0 Å². The van der Waals surface area contributed by atoms with Crippen molar-refractivity contribution in [1.82, 2.24) is 9.55 Å². The average Bonchev–Trinajstić information content (AvgIpc) is 2.81. The summed E-state index contributed by atoms with van der Waals surface area (Å²) in [6.45, 7) is 1.85. The molecular formula is C12H12F3N3. The van der Waals surface area contributed by atoms with Crippen molar-refractivity contribution in [3.8, 4) is 5.69 Å². The molecule has 0 unspecified atom stereocenters. The molecule has 3 nitrogen and oxygen atoms in total. The number of nitrogens with two attached hydrogens (primary N) is 1. The fourth-order valence-corrected chi connectivity index (χ4v) is 1.71. The molecule has 0 spiro atoms. The van der Waals surface area contributed by atoms with E-state index < -0.39 is 17.5 Å². The predicted octanol–water partition coefficient (Wildman–Crippen LogP) is 2.70. The molecule has 18 heavy (non-hydrogen) atoms. The minimum absolute atomic E-state index is 0.232. The Balaban J connectivity index is 2.59. The van der Waals surface area contributed by atoms with Crippen LogP contribution in [-0.2, 0) is 0 Å². The van der Waals surface area contributed by atoms with E-state index in [0.717, 1.165) is 6.07 Å². The molecule has 0 aliphatic heterocycles. The summed E-state index contributed by atoms with van der Waals surface area (Å²) in [5.41, 5.74) is 6.10. The van der Waals surface area contributed by atoms with Gasteiger partial charge < -0.3 is 5.73 Å². The Kier molecular flexibility index (Phi) is 3.38. The van der Waals surface area contributed by atoms with Crippen molar-refractivity contribution in [1.29, 1.82) is 0 Å². The first-order chi connectivity index (χ1) is 8.54. The van der Waals surface area contributed by atoms with Crippen LogP contribution in [0.3, 0.4) is 0 Å². The maximum absolute atomic E-state index is 13.7. The Morgan fingerprint density at radius 3 is 2.72 bits per heavy atom. The number of imidazole rings is 1. The molecular weight excluding hydrogens is 243 g/mol. The minimum atomic E-state index is -1.24. The summed E-state index contributed by atoms with van der Waals surface area (Å²) < 4.78 is 41.2. The highest BCUT2D eigenvalue weighted by Gasteiger charge is 2.17. The molecule has 0 radical (unpaired) electrons. The molecule has 6 heteroatoms. The van der Waals surface area contributed by atoms with Gasteiger partial charge >= 0.3 is 0 Å². The number of halogens is 3. The van der Waals surface area contributed by atoms with Crippen molar-refractivity contribution in [2.24, 2.45) is 5.73 Å². The summed E-state index contributed by atoms with van der Waals surface area (Å²) in [4.78, 5) is 3.84. The molecule has 2 aromatic rings. The van der Waals surface area contributed by atoms with E-state index in [0.29, 0.717) is 18.2 Å². The number of aromatic nitrogens is 2. The molecule has 0 aliphatic rings.